The van der Waals surface area contributed by atoms with Crippen molar-refractivity contribution in [3.8, 4) is 0 Å². The van der Waals surface area contributed by atoms with Gasteiger partial charge in [0.05, 0.1) is 6.54 Å². The van der Waals surface area contributed by atoms with Crippen LogP contribution in [0, 0.1) is 6.92 Å². The molecular formula is C13H17N3O. The lowest BCUT2D eigenvalue weighted by Crippen LogP contribution is -2.31. The molecule has 4 N–H and O–H groups in total. The van der Waals surface area contributed by atoms with Gasteiger partial charge >= 0.3 is 0 Å². The van der Waals surface area contributed by atoms with Gasteiger partial charge in [-0.25, -0.2) is 0 Å². The van der Waals surface area contributed by atoms with Gasteiger partial charge in [0.1, 0.15) is 0 Å². The Morgan fingerprint density at radius 3 is 3.06 bits per heavy atom. The van der Waals surface area contributed by atoms with E-state index in [0.717, 1.165) is 6.42 Å². The molecule has 4 nitrogen and oxygen atoms in total. The number of fused-ring (bicyclic) bond motifs is 1. The number of hydrogen-bond donors (Lipinski definition) is 3. The number of aryl methyl sites for hydroxylation is 1. The fourth-order valence-electron chi connectivity index (χ4n) is 1.98. The van der Waals surface area contributed by atoms with Gasteiger partial charge in [-0.15, -0.1) is 0 Å². The molecule has 90 valence electrons. The summed E-state index contributed by atoms with van der Waals surface area (Å²) in [7, 11) is 0. The average Bonchev–Trinajstić information content (AvgIpc) is 2.74. The number of aromatic nitrogens is 1. The third-order valence-electron chi connectivity index (χ3n) is 2.91. The third kappa shape index (κ3) is 2.47. The number of rotatable bonds is 4. The maximum absolute atomic E-state index is 11.0. The van der Waals surface area contributed by atoms with Crippen LogP contribution in [-0.4, -0.2) is 24.0 Å². The normalized spacial score (nSPS) is 10.7. The SMILES string of the molecule is Cc1cccc2c(CCNC(=O)CN)c[nH]c12. The van der Waals surface area contributed by atoms with Gasteiger partial charge in [0.2, 0.25) is 5.91 Å². The monoisotopic (exact) mass is 231 g/mol. The van der Waals surface area contributed by atoms with Crippen LogP contribution in [0.1, 0.15) is 11.1 Å². The number of H-pyrrole nitrogens is 1. The molecule has 0 aliphatic rings. The average molecular weight is 231 g/mol. The third-order valence-corrected chi connectivity index (χ3v) is 2.91. The summed E-state index contributed by atoms with van der Waals surface area (Å²) in [5.41, 5.74) is 8.86. The van der Waals surface area contributed by atoms with E-state index in [1.165, 1.54) is 22.0 Å². The lowest BCUT2D eigenvalue weighted by Gasteiger charge is -2.02. The molecule has 0 bridgehead atoms. The zero-order valence-corrected chi connectivity index (χ0v) is 9.92. The number of amides is 1. The first-order valence-electron chi connectivity index (χ1n) is 5.74. The van der Waals surface area contributed by atoms with E-state index in [0.29, 0.717) is 6.54 Å². The second-order valence-corrected chi connectivity index (χ2v) is 4.12. The van der Waals surface area contributed by atoms with Gasteiger partial charge in [-0.3, -0.25) is 4.79 Å². The summed E-state index contributed by atoms with van der Waals surface area (Å²) in [6.45, 7) is 2.75. The van der Waals surface area contributed by atoms with Crippen molar-refractivity contribution >= 4 is 16.8 Å². The molecule has 0 saturated carbocycles. The van der Waals surface area contributed by atoms with Crippen molar-refractivity contribution in [1.29, 1.82) is 0 Å². The fraction of sp³-hybridized carbons (Fsp3) is 0.308. The van der Waals surface area contributed by atoms with Crippen LogP contribution in [0.3, 0.4) is 0 Å². The summed E-state index contributed by atoms with van der Waals surface area (Å²) in [6.07, 6.45) is 2.82. The van der Waals surface area contributed by atoms with Crippen LogP contribution in [-0.2, 0) is 11.2 Å². The molecule has 0 spiro atoms. The molecule has 2 rings (SSSR count). The number of carbonyl (C=O) groups excluding carboxylic acids is 1. The molecule has 17 heavy (non-hydrogen) atoms. The minimum atomic E-state index is -0.110. The molecule has 1 heterocycles. The number of para-hydroxylation sites is 1. The standard InChI is InChI=1S/C13H17N3O/c1-9-3-2-4-11-10(8-16-13(9)11)5-6-15-12(17)7-14/h2-4,8,16H,5-7,14H2,1H3,(H,15,17). The second-order valence-electron chi connectivity index (χ2n) is 4.12. The molecule has 1 aromatic heterocycles. The van der Waals surface area contributed by atoms with Crippen LogP contribution in [0.4, 0.5) is 0 Å². The Morgan fingerprint density at radius 2 is 2.29 bits per heavy atom. The molecule has 2 aromatic rings. The van der Waals surface area contributed by atoms with E-state index >= 15 is 0 Å². The van der Waals surface area contributed by atoms with Crippen LogP contribution < -0.4 is 11.1 Å². The van der Waals surface area contributed by atoms with Crippen molar-refractivity contribution < 1.29 is 4.79 Å². The topological polar surface area (TPSA) is 70.9 Å². The lowest BCUT2D eigenvalue weighted by molar-refractivity contribution is -0.119. The van der Waals surface area contributed by atoms with E-state index in [-0.39, 0.29) is 12.5 Å². The lowest BCUT2D eigenvalue weighted by atomic mass is 10.1. The van der Waals surface area contributed by atoms with Crippen LogP contribution in [0.2, 0.25) is 0 Å². The molecule has 4 heteroatoms. The number of carbonyl (C=O) groups is 1. The summed E-state index contributed by atoms with van der Waals surface area (Å²) >= 11 is 0. The number of hydrogen-bond acceptors (Lipinski definition) is 2. The van der Waals surface area contributed by atoms with Crippen LogP contribution in [0.25, 0.3) is 10.9 Å². The Balaban J connectivity index is 2.09. The number of nitrogens with two attached hydrogens (primary N) is 1. The number of benzene rings is 1. The largest absolute Gasteiger partial charge is 0.361 e. The first-order chi connectivity index (χ1) is 8.22. The van der Waals surface area contributed by atoms with Gasteiger partial charge < -0.3 is 16.0 Å². The van der Waals surface area contributed by atoms with E-state index in [9.17, 15) is 4.79 Å². The highest BCUT2D eigenvalue weighted by Gasteiger charge is 2.05. The Kier molecular flexibility index (Phi) is 3.44. The first kappa shape index (κ1) is 11.7. The highest BCUT2D eigenvalue weighted by atomic mass is 16.1. The van der Waals surface area contributed by atoms with Crippen LogP contribution in [0.15, 0.2) is 24.4 Å². The predicted octanol–water partition coefficient (Wildman–Crippen LogP) is 1.09. The highest BCUT2D eigenvalue weighted by molar-refractivity contribution is 5.86. The molecule has 0 aliphatic heterocycles. The highest BCUT2D eigenvalue weighted by Crippen LogP contribution is 2.21. The quantitative estimate of drug-likeness (QED) is 0.737. The van der Waals surface area contributed by atoms with Crippen LogP contribution >= 0.6 is 0 Å². The zero-order chi connectivity index (χ0) is 12.3. The Hall–Kier alpha value is -1.81. The molecule has 0 aliphatic carbocycles. The van der Waals surface area contributed by atoms with Crippen molar-refractivity contribution in [1.82, 2.24) is 10.3 Å². The molecule has 0 radical (unpaired) electrons. The smallest absolute Gasteiger partial charge is 0.233 e. The number of nitrogens with one attached hydrogen (secondary N) is 2. The molecule has 1 amide bonds. The molecule has 0 unspecified atom stereocenters. The fourth-order valence-corrected chi connectivity index (χ4v) is 1.98. The Bertz CT molecular complexity index is 530. The van der Waals surface area contributed by atoms with Gasteiger partial charge in [-0.2, -0.15) is 0 Å². The van der Waals surface area contributed by atoms with Gasteiger partial charge in [-0.05, 0) is 24.5 Å². The summed E-state index contributed by atoms with van der Waals surface area (Å²) in [6, 6.07) is 6.23. The van der Waals surface area contributed by atoms with E-state index in [2.05, 4.69) is 29.4 Å². The molecule has 0 fully saturated rings. The maximum Gasteiger partial charge on any atom is 0.233 e. The minimum Gasteiger partial charge on any atom is -0.361 e. The summed E-state index contributed by atoms with van der Waals surface area (Å²) in [5.74, 6) is -0.110. The van der Waals surface area contributed by atoms with Crippen molar-refractivity contribution in [3.63, 3.8) is 0 Å². The predicted molar refractivity (Wildman–Crippen MR) is 68.8 cm³/mol. The summed E-state index contributed by atoms with van der Waals surface area (Å²) in [4.78, 5) is 14.3. The van der Waals surface area contributed by atoms with Crippen molar-refractivity contribution in [2.75, 3.05) is 13.1 Å². The Labute approximate surface area is 100 Å². The molecule has 0 saturated heterocycles. The van der Waals surface area contributed by atoms with Gasteiger partial charge in [-0.1, -0.05) is 18.2 Å². The van der Waals surface area contributed by atoms with E-state index in [1.807, 2.05) is 12.3 Å². The Morgan fingerprint density at radius 1 is 1.47 bits per heavy atom. The minimum absolute atomic E-state index is 0.0486. The summed E-state index contributed by atoms with van der Waals surface area (Å²) < 4.78 is 0. The van der Waals surface area contributed by atoms with Crippen molar-refractivity contribution in [2.45, 2.75) is 13.3 Å². The molecule has 1 aromatic carbocycles. The molecular weight excluding hydrogens is 214 g/mol. The molecule has 0 atom stereocenters. The zero-order valence-electron chi connectivity index (χ0n) is 9.92. The van der Waals surface area contributed by atoms with Crippen molar-refractivity contribution in [3.05, 3.63) is 35.5 Å². The number of aromatic amines is 1. The van der Waals surface area contributed by atoms with Gasteiger partial charge in [0.15, 0.2) is 0 Å². The second kappa shape index (κ2) is 5.01. The van der Waals surface area contributed by atoms with E-state index in [4.69, 9.17) is 5.73 Å². The first-order valence-corrected chi connectivity index (χ1v) is 5.74. The van der Waals surface area contributed by atoms with E-state index < -0.39 is 0 Å². The van der Waals surface area contributed by atoms with E-state index in [1.54, 1.807) is 0 Å². The van der Waals surface area contributed by atoms with Crippen molar-refractivity contribution in [2.24, 2.45) is 5.73 Å². The van der Waals surface area contributed by atoms with Gasteiger partial charge in [0.25, 0.3) is 0 Å². The summed E-state index contributed by atoms with van der Waals surface area (Å²) in [5, 5.41) is 4.00. The van der Waals surface area contributed by atoms with Crippen LogP contribution in [0.5, 0.6) is 0 Å². The maximum atomic E-state index is 11.0. The van der Waals surface area contributed by atoms with Gasteiger partial charge in [0, 0.05) is 23.6 Å².